The molecule has 0 radical (unpaired) electrons. The Labute approximate surface area is 141 Å². The van der Waals surface area contributed by atoms with Crippen molar-refractivity contribution in [2.24, 2.45) is 5.73 Å². The fraction of sp³-hybridized carbons (Fsp3) is 0.200. The number of carbonyl (C=O) groups excluding carboxylic acids is 1. The Morgan fingerprint density at radius 2 is 1.96 bits per heavy atom. The predicted octanol–water partition coefficient (Wildman–Crippen LogP) is 3.55. The molecule has 0 aliphatic heterocycles. The number of rotatable bonds is 6. The molecule has 0 fully saturated rings. The lowest BCUT2D eigenvalue weighted by Crippen LogP contribution is -2.12. The molecule has 0 aliphatic rings. The molecule has 1 amide bonds. The summed E-state index contributed by atoms with van der Waals surface area (Å²) in [6, 6.07) is 17.7. The Balaban J connectivity index is 1.76. The van der Waals surface area contributed by atoms with E-state index >= 15 is 0 Å². The summed E-state index contributed by atoms with van der Waals surface area (Å²) in [6.07, 6.45) is 1.72. The van der Waals surface area contributed by atoms with Gasteiger partial charge >= 0.3 is 0 Å². The van der Waals surface area contributed by atoms with Gasteiger partial charge in [-0.2, -0.15) is 0 Å². The molecule has 4 heteroatoms. The molecule has 0 saturated heterocycles. The lowest BCUT2D eigenvalue weighted by molar-refractivity contribution is 0.1000. The monoisotopic (exact) mass is 319 g/mol. The van der Waals surface area contributed by atoms with Crippen LogP contribution < -0.4 is 11.1 Å². The number of nitrogens with zero attached hydrogens (tertiary/aromatic N) is 1. The van der Waals surface area contributed by atoms with Crippen molar-refractivity contribution in [2.75, 3.05) is 11.9 Å². The van der Waals surface area contributed by atoms with Gasteiger partial charge in [0.05, 0.1) is 5.52 Å². The Hall–Kier alpha value is -2.88. The molecule has 0 bridgehead atoms. The minimum absolute atomic E-state index is 0.391. The lowest BCUT2D eigenvalue weighted by atomic mass is 10.1. The molecule has 1 aromatic heterocycles. The Bertz CT molecular complexity index is 874. The van der Waals surface area contributed by atoms with Gasteiger partial charge in [0.1, 0.15) is 0 Å². The fourth-order valence-corrected chi connectivity index (χ4v) is 2.78. The molecule has 0 unspecified atom stereocenters. The predicted molar refractivity (Wildman–Crippen MR) is 98.3 cm³/mol. The van der Waals surface area contributed by atoms with E-state index < -0.39 is 5.91 Å². The van der Waals surface area contributed by atoms with E-state index in [1.807, 2.05) is 36.4 Å². The summed E-state index contributed by atoms with van der Waals surface area (Å²) >= 11 is 0. The van der Waals surface area contributed by atoms with Gasteiger partial charge < -0.3 is 11.1 Å². The second-order valence-electron chi connectivity index (χ2n) is 5.77. The summed E-state index contributed by atoms with van der Waals surface area (Å²) in [4.78, 5) is 15.9. The summed E-state index contributed by atoms with van der Waals surface area (Å²) in [6.45, 7) is 2.88. The highest BCUT2D eigenvalue weighted by atomic mass is 16.1. The molecule has 2 aromatic carbocycles. The number of primary amides is 1. The van der Waals surface area contributed by atoms with Crippen LogP contribution in [0.25, 0.3) is 10.9 Å². The molecule has 0 spiro atoms. The highest BCUT2D eigenvalue weighted by Crippen LogP contribution is 2.23. The van der Waals surface area contributed by atoms with Crippen LogP contribution in [0, 0.1) is 0 Å². The summed E-state index contributed by atoms with van der Waals surface area (Å²) in [5, 5.41) is 4.63. The molecule has 0 aliphatic carbocycles. The van der Waals surface area contributed by atoms with Crippen LogP contribution in [0.15, 0.2) is 54.6 Å². The lowest BCUT2D eigenvalue weighted by Gasteiger charge is -2.12. The van der Waals surface area contributed by atoms with E-state index in [2.05, 4.69) is 29.4 Å². The average molecular weight is 319 g/mol. The number of pyridine rings is 1. The van der Waals surface area contributed by atoms with Crippen molar-refractivity contribution in [3.63, 3.8) is 0 Å². The molecule has 3 aromatic rings. The molecule has 0 saturated carbocycles. The number of aromatic nitrogens is 1. The number of fused-ring (bicyclic) bond motifs is 1. The highest BCUT2D eigenvalue weighted by Gasteiger charge is 2.05. The van der Waals surface area contributed by atoms with Crippen LogP contribution in [0.1, 0.15) is 28.5 Å². The van der Waals surface area contributed by atoms with E-state index in [1.54, 1.807) is 6.07 Å². The first-order valence-electron chi connectivity index (χ1n) is 8.18. The van der Waals surface area contributed by atoms with Gasteiger partial charge in [0.25, 0.3) is 0 Å². The fourth-order valence-electron chi connectivity index (χ4n) is 2.78. The van der Waals surface area contributed by atoms with Crippen LogP contribution in [-0.2, 0) is 12.8 Å². The Morgan fingerprint density at radius 1 is 1.12 bits per heavy atom. The Morgan fingerprint density at radius 3 is 2.75 bits per heavy atom. The second-order valence-corrected chi connectivity index (χ2v) is 5.77. The van der Waals surface area contributed by atoms with E-state index in [9.17, 15) is 4.79 Å². The van der Waals surface area contributed by atoms with Crippen molar-refractivity contribution in [3.05, 3.63) is 71.4 Å². The van der Waals surface area contributed by atoms with Crippen molar-refractivity contribution < 1.29 is 4.79 Å². The zero-order chi connectivity index (χ0) is 16.9. The van der Waals surface area contributed by atoms with Crippen LogP contribution in [0.4, 0.5) is 5.69 Å². The maximum absolute atomic E-state index is 11.3. The standard InChI is InChI=1S/C20H21N3O/c1-2-16-13-19(17-8-3-4-9-18(17)23-16)22-11-10-14-6-5-7-15(12-14)20(21)24/h3-9,12-13H,2,10-11H2,1H3,(H2,21,24)(H,22,23). The van der Waals surface area contributed by atoms with Crippen molar-refractivity contribution >= 4 is 22.5 Å². The van der Waals surface area contributed by atoms with Crippen LogP contribution in [0.5, 0.6) is 0 Å². The third kappa shape index (κ3) is 3.54. The first-order valence-corrected chi connectivity index (χ1v) is 8.18. The maximum Gasteiger partial charge on any atom is 0.248 e. The van der Waals surface area contributed by atoms with E-state index in [1.165, 1.54) is 0 Å². The molecular weight excluding hydrogens is 298 g/mol. The van der Waals surface area contributed by atoms with Gasteiger partial charge in [-0.05, 0) is 42.7 Å². The third-order valence-electron chi connectivity index (χ3n) is 4.07. The van der Waals surface area contributed by atoms with E-state index in [0.29, 0.717) is 5.56 Å². The zero-order valence-corrected chi connectivity index (χ0v) is 13.8. The van der Waals surface area contributed by atoms with E-state index in [0.717, 1.165) is 47.2 Å². The summed E-state index contributed by atoms with van der Waals surface area (Å²) < 4.78 is 0. The van der Waals surface area contributed by atoms with Gasteiger partial charge in [0.2, 0.25) is 5.91 Å². The molecule has 0 atom stereocenters. The number of hydrogen-bond donors (Lipinski definition) is 2. The molecule has 4 nitrogen and oxygen atoms in total. The van der Waals surface area contributed by atoms with Crippen molar-refractivity contribution in [2.45, 2.75) is 19.8 Å². The smallest absolute Gasteiger partial charge is 0.248 e. The quantitative estimate of drug-likeness (QED) is 0.730. The van der Waals surface area contributed by atoms with Gasteiger partial charge in [-0.1, -0.05) is 37.3 Å². The summed E-state index contributed by atoms with van der Waals surface area (Å²) in [5.41, 5.74) is 10.2. The highest BCUT2D eigenvalue weighted by molar-refractivity contribution is 5.93. The average Bonchev–Trinajstić information content (AvgIpc) is 2.61. The molecular formula is C20H21N3O. The number of amides is 1. The molecule has 1 heterocycles. The van der Waals surface area contributed by atoms with E-state index in [-0.39, 0.29) is 0 Å². The minimum atomic E-state index is -0.391. The molecule has 122 valence electrons. The van der Waals surface area contributed by atoms with Crippen LogP contribution in [0.2, 0.25) is 0 Å². The third-order valence-corrected chi connectivity index (χ3v) is 4.07. The van der Waals surface area contributed by atoms with Crippen molar-refractivity contribution in [3.8, 4) is 0 Å². The number of carbonyl (C=O) groups is 1. The van der Waals surface area contributed by atoms with Crippen molar-refractivity contribution in [1.29, 1.82) is 0 Å². The maximum atomic E-state index is 11.3. The molecule has 3 N–H and O–H groups in total. The van der Waals surface area contributed by atoms with Gasteiger partial charge in [0.15, 0.2) is 0 Å². The summed E-state index contributed by atoms with van der Waals surface area (Å²) in [5.74, 6) is -0.391. The zero-order valence-electron chi connectivity index (χ0n) is 13.8. The number of hydrogen-bond acceptors (Lipinski definition) is 3. The normalized spacial score (nSPS) is 10.7. The first kappa shape index (κ1) is 16.0. The first-order chi connectivity index (χ1) is 11.7. The van der Waals surface area contributed by atoms with Gasteiger partial charge in [-0.15, -0.1) is 0 Å². The number of benzene rings is 2. The number of para-hydroxylation sites is 1. The molecule has 3 rings (SSSR count). The van der Waals surface area contributed by atoms with Gasteiger partial charge in [-0.3, -0.25) is 9.78 Å². The van der Waals surface area contributed by atoms with Crippen LogP contribution in [-0.4, -0.2) is 17.4 Å². The van der Waals surface area contributed by atoms with E-state index in [4.69, 9.17) is 5.73 Å². The minimum Gasteiger partial charge on any atom is -0.384 e. The van der Waals surface area contributed by atoms with Gasteiger partial charge in [-0.25, -0.2) is 0 Å². The number of anilines is 1. The summed E-state index contributed by atoms with van der Waals surface area (Å²) in [7, 11) is 0. The second kappa shape index (κ2) is 7.13. The number of nitrogens with two attached hydrogens (primary N) is 1. The topological polar surface area (TPSA) is 68.0 Å². The number of aryl methyl sites for hydroxylation is 1. The largest absolute Gasteiger partial charge is 0.384 e. The van der Waals surface area contributed by atoms with Gasteiger partial charge in [0, 0.05) is 28.9 Å². The van der Waals surface area contributed by atoms with Crippen LogP contribution in [0.3, 0.4) is 0 Å². The SMILES string of the molecule is CCc1cc(NCCc2cccc(C(N)=O)c2)c2ccccc2n1. The number of nitrogens with one attached hydrogen (secondary N) is 1. The Kier molecular flexibility index (Phi) is 4.75. The van der Waals surface area contributed by atoms with Crippen molar-refractivity contribution in [1.82, 2.24) is 4.98 Å². The van der Waals surface area contributed by atoms with Crippen LogP contribution >= 0.6 is 0 Å². The molecule has 24 heavy (non-hydrogen) atoms.